The monoisotopic (exact) mass is 315 g/mol. The van der Waals surface area contributed by atoms with Crippen molar-refractivity contribution in [1.29, 1.82) is 0 Å². The summed E-state index contributed by atoms with van der Waals surface area (Å²) in [4.78, 5) is 2.16. The molecule has 1 N–H and O–H groups in total. The molecule has 0 aliphatic rings. The summed E-state index contributed by atoms with van der Waals surface area (Å²) in [7, 11) is 0. The predicted octanol–water partition coefficient (Wildman–Crippen LogP) is 3.15. The number of benzene rings is 1. The molecule has 0 saturated carbocycles. The maximum atomic E-state index is 10.2. The van der Waals surface area contributed by atoms with Crippen LogP contribution in [0.1, 0.15) is 16.9 Å². The average molecular weight is 315 g/mol. The molecule has 1 atom stereocenters. The summed E-state index contributed by atoms with van der Waals surface area (Å²) in [5.74, 6) is 0.886. The molecule has 1 aromatic heterocycles. The molecule has 0 bridgehead atoms. The van der Waals surface area contributed by atoms with Crippen LogP contribution in [0.3, 0.4) is 0 Å². The van der Waals surface area contributed by atoms with Gasteiger partial charge in [-0.05, 0) is 24.6 Å². The van der Waals surface area contributed by atoms with Crippen LogP contribution in [-0.4, -0.2) is 35.9 Å². The molecule has 0 amide bonds. The number of aliphatic hydroxyl groups excluding tert-OH is 1. The number of hydrogen-bond acceptors (Lipinski definition) is 4. The van der Waals surface area contributed by atoms with Crippen LogP contribution in [0.2, 0.25) is 0 Å². The molecule has 0 saturated heterocycles. The molecule has 4 nitrogen and oxygen atoms in total. The van der Waals surface area contributed by atoms with Crippen molar-refractivity contribution in [1.82, 2.24) is 4.90 Å². The smallest absolute Gasteiger partial charge is 0.117 e. The third-order valence-electron chi connectivity index (χ3n) is 3.46. The van der Waals surface area contributed by atoms with Gasteiger partial charge in [0.15, 0.2) is 0 Å². The highest BCUT2D eigenvalue weighted by molar-refractivity contribution is 5.22. The Morgan fingerprint density at radius 1 is 1.30 bits per heavy atom. The van der Waals surface area contributed by atoms with Crippen molar-refractivity contribution < 1.29 is 14.3 Å². The molecule has 2 rings (SSSR count). The number of hydrogen-bond donors (Lipinski definition) is 1. The summed E-state index contributed by atoms with van der Waals surface area (Å²) in [6.45, 7) is 8.36. The van der Waals surface area contributed by atoms with Gasteiger partial charge >= 0.3 is 0 Å². The molecule has 23 heavy (non-hydrogen) atoms. The van der Waals surface area contributed by atoms with Crippen molar-refractivity contribution in [2.75, 3.05) is 19.8 Å². The Kier molecular flexibility index (Phi) is 7.07. The minimum Gasteiger partial charge on any atom is -0.468 e. The van der Waals surface area contributed by atoms with Crippen LogP contribution in [0.25, 0.3) is 0 Å². The fraction of sp³-hybridized carbons (Fsp3) is 0.368. The highest BCUT2D eigenvalue weighted by Crippen LogP contribution is 2.12. The molecule has 0 aliphatic carbocycles. The Labute approximate surface area is 138 Å². The van der Waals surface area contributed by atoms with Crippen LogP contribution in [0.15, 0.2) is 59.7 Å². The van der Waals surface area contributed by atoms with Gasteiger partial charge in [0.05, 0.1) is 32.1 Å². The van der Waals surface area contributed by atoms with Crippen LogP contribution < -0.4 is 0 Å². The van der Waals surface area contributed by atoms with Crippen molar-refractivity contribution in [3.63, 3.8) is 0 Å². The third-order valence-corrected chi connectivity index (χ3v) is 3.46. The molecule has 0 fully saturated rings. The summed E-state index contributed by atoms with van der Waals surface area (Å²) in [5.41, 5.74) is 2.45. The first-order valence-electron chi connectivity index (χ1n) is 7.84. The van der Waals surface area contributed by atoms with Gasteiger partial charge in [0.2, 0.25) is 0 Å². The molecular weight excluding hydrogens is 290 g/mol. The van der Waals surface area contributed by atoms with E-state index in [0.717, 1.165) is 12.3 Å². The lowest BCUT2D eigenvalue weighted by Crippen LogP contribution is -2.34. The van der Waals surface area contributed by atoms with Gasteiger partial charge in [-0.1, -0.05) is 35.9 Å². The van der Waals surface area contributed by atoms with E-state index in [1.807, 2.05) is 12.1 Å². The summed E-state index contributed by atoms with van der Waals surface area (Å²) < 4.78 is 10.8. The standard InChI is InChI=1S/C19H25NO3/c1-3-9-22-15-18(21)13-20(14-19-8-5-10-23-19)12-17-7-4-6-16(2)11-17/h3-8,10-11,18,21H,1,9,12-15H2,2H3. The first-order valence-corrected chi connectivity index (χ1v) is 7.84. The van der Waals surface area contributed by atoms with E-state index in [0.29, 0.717) is 26.3 Å². The van der Waals surface area contributed by atoms with E-state index in [9.17, 15) is 5.11 Å². The van der Waals surface area contributed by atoms with Gasteiger partial charge in [0, 0.05) is 13.1 Å². The maximum absolute atomic E-state index is 10.2. The first-order chi connectivity index (χ1) is 11.2. The van der Waals surface area contributed by atoms with Gasteiger partial charge < -0.3 is 14.3 Å². The van der Waals surface area contributed by atoms with Crippen LogP contribution >= 0.6 is 0 Å². The lowest BCUT2D eigenvalue weighted by Gasteiger charge is -2.24. The first kappa shape index (κ1) is 17.5. The van der Waals surface area contributed by atoms with Crippen LogP contribution in [0, 0.1) is 6.92 Å². The largest absolute Gasteiger partial charge is 0.468 e. The number of furan rings is 1. The van der Waals surface area contributed by atoms with Crippen LogP contribution in [0.4, 0.5) is 0 Å². The minimum absolute atomic E-state index is 0.300. The average Bonchev–Trinajstić information content (AvgIpc) is 3.00. The zero-order valence-corrected chi connectivity index (χ0v) is 13.6. The van der Waals surface area contributed by atoms with Crippen LogP contribution in [-0.2, 0) is 17.8 Å². The van der Waals surface area contributed by atoms with Crippen molar-refractivity contribution in [2.24, 2.45) is 0 Å². The molecule has 0 aliphatic heterocycles. The van der Waals surface area contributed by atoms with Gasteiger partial charge in [-0.25, -0.2) is 0 Å². The van der Waals surface area contributed by atoms with E-state index in [1.54, 1.807) is 12.3 Å². The normalized spacial score (nSPS) is 12.5. The minimum atomic E-state index is -0.547. The Balaban J connectivity index is 1.97. The van der Waals surface area contributed by atoms with Crippen molar-refractivity contribution >= 4 is 0 Å². The molecule has 1 unspecified atom stereocenters. The fourth-order valence-corrected chi connectivity index (χ4v) is 2.51. The number of ether oxygens (including phenoxy) is 1. The SMILES string of the molecule is C=CCOCC(O)CN(Cc1cccc(C)c1)Cc1ccco1. The third kappa shape index (κ3) is 6.40. The van der Waals surface area contributed by atoms with Gasteiger partial charge in [0.25, 0.3) is 0 Å². The molecule has 4 heteroatoms. The summed E-state index contributed by atoms with van der Waals surface area (Å²) >= 11 is 0. The summed E-state index contributed by atoms with van der Waals surface area (Å²) in [6, 6.07) is 12.2. The molecule has 0 spiro atoms. The molecule has 124 valence electrons. The van der Waals surface area contributed by atoms with E-state index in [-0.39, 0.29) is 0 Å². The molecule has 0 radical (unpaired) electrons. The van der Waals surface area contributed by atoms with Crippen molar-refractivity contribution in [3.8, 4) is 0 Å². The van der Waals surface area contributed by atoms with Gasteiger partial charge in [-0.15, -0.1) is 6.58 Å². The Morgan fingerprint density at radius 3 is 2.87 bits per heavy atom. The Morgan fingerprint density at radius 2 is 2.17 bits per heavy atom. The maximum Gasteiger partial charge on any atom is 0.117 e. The second-order valence-corrected chi connectivity index (χ2v) is 5.72. The number of aryl methyl sites for hydroxylation is 1. The van der Waals surface area contributed by atoms with Crippen molar-refractivity contribution in [3.05, 3.63) is 72.2 Å². The summed E-state index contributed by atoms with van der Waals surface area (Å²) in [5, 5.41) is 10.2. The van der Waals surface area contributed by atoms with Crippen LogP contribution in [0.5, 0.6) is 0 Å². The second kappa shape index (κ2) is 9.30. The number of aliphatic hydroxyl groups is 1. The van der Waals surface area contributed by atoms with E-state index in [2.05, 4.69) is 42.7 Å². The zero-order valence-electron chi connectivity index (χ0n) is 13.6. The Hall–Kier alpha value is -1.88. The number of rotatable bonds is 10. The Bertz CT molecular complexity index is 580. The van der Waals surface area contributed by atoms with E-state index >= 15 is 0 Å². The molecule has 2 aromatic rings. The van der Waals surface area contributed by atoms with E-state index in [1.165, 1.54) is 11.1 Å². The lowest BCUT2D eigenvalue weighted by atomic mass is 10.1. The molecule has 1 heterocycles. The molecular formula is C19H25NO3. The zero-order chi connectivity index (χ0) is 16.5. The predicted molar refractivity (Wildman–Crippen MR) is 91.0 cm³/mol. The summed E-state index contributed by atoms with van der Waals surface area (Å²) in [6.07, 6.45) is 2.80. The highest BCUT2D eigenvalue weighted by Gasteiger charge is 2.14. The highest BCUT2D eigenvalue weighted by atomic mass is 16.5. The second-order valence-electron chi connectivity index (χ2n) is 5.72. The topological polar surface area (TPSA) is 45.8 Å². The number of nitrogens with zero attached hydrogens (tertiary/aromatic N) is 1. The fourth-order valence-electron chi connectivity index (χ4n) is 2.51. The van der Waals surface area contributed by atoms with Crippen molar-refractivity contribution in [2.45, 2.75) is 26.1 Å². The molecule has 1 aromatic carbocycles. The van der Waals surface area contributed by atoms with Gasteiger partial charge in [0.1, 0.15) is 5.76 Å². The lowest BCUT2D eigenvalue weighted by molar-refractivity contribution is 0.0216. The van der Waals surface area contributed by atoms with E-state index < -0.39 is 6.10 Å². The van der Waals surface area contributed by atoms with Gasteiger partial charge in [-0.3, -0.25) is 4.90 Å². The quantitative estimate of drug-likeness (QED) is 0.540. The van der Waals surface area contributed by atoms with E-state index in [4.69, 9.17) is 9.15 Å². The van der Waals surface area contributed by atoms with Gasteiger partial charge in [-0.2, -0.15) is 0 Å².